The zero-order valence-corrected chi connectivity index (χ0v) is 10.7. The molecule has 0 unspecified atom stereocenters. The highest BCUT2D eigenvalue weighted by atomic mass is 16.6. The molecule has 2 N–H and O–H groups in total. The van der Waals surface area contributed by atoms with Crippen LogP contribution in [0.5, 0.6) is 5.75 Å². The lowest BCUT2D eigenvalue weighted by molar-refractivity contribution is -0.155. The average molecular weight is 251 g/mol. The number of carbonyl (C=O) groups is 2. The van der Waals surface area contributed by atoms with Gasteiger partial charge in [0.15, 0.2) is 12.7 Å². The molecular weight excluding hydrogens is 234 g/mol. The summed E-state index contributed by atoms with van der Waals surface area (Å²) in [6.45, 7) is 5.03. The number of ether oxygens (including phenoxy) is 2. The van der Waals surface area contributed by atoms with Gasteiger partial charge in [0, 0.05) is 0 Å². The predicted octanol–water partition coefficient (Wildman–Crippen LogP) is 1.10. The molecule has 0 fully saturated rings. The monoisotopic (exact) mass is 251 g/mol. The molecule has 1 atom stereocenters. The van der Waals surface area contributed by atoms with Crippen LogP contribution >= 0.6 is 0 Å². The number of hydrogen-bond donors (Lipinski definition) is 1. The molecule has 1 rings (SSSR count). The number of hydrogen-bond acceptors (Lipinski definition) is 4. The first-order valence-electron chi connectivity index (χ1n) is 5.59. The second-order valence-corrected chi connectivity index (χ2v) is 4.09. The van der Waals surface area contributed by atoms with Crippen molar-refractivity contribution in [3.8, 4) is 5.75 Å². The fraction of sp³-hybridized carbons (Fsp3) is 0.385. The minimum absolute atomic E-state index is 0.248. The molecule has 1 aromatic carbocycles. The van der Waals surface area contributed by atoms with Gasteiger partial charge >= 0.3 is 5.97 Å². The molecule has 0 radical (unpaired) electrons. The maximum Gasteiger partial charge on any atom is 0.344 e. The van der Waals surface area contributed by atoms with Crippen molar-refractivity contribution in [1.29, 1.82) is 0 Å². The van der Waals surface area contributed by atoms with Gasteiger partial charge in [0.1, 0.15) is 5.75 Å². The summed E-state index contributed by atoms with van der Waals surface area (Å²) >= 11 is 0. The molecule has 0 bridgehead atoms. The van der Waals surface area contributed by atoms with Crippen LogP contribution in [0.1, 0.15) is 18.1 Å². The summed E-state index contributed by atoms with van der Waals surface area (Å²) < 4.78 is 10.1. The molecule has 0 saturated carbocycles. The summed E-state index contributed by atoms with van der Waals surface area (Å²) in [6, 6.07) is 5.63. The van der Waals surface area contributed by atoms with Crippen LogP contribution in [0.3, 0.4) is 0 Å². The van der Waals surface area contributed by atoms with Gasteiger partial charge in [-0.25, -0.2) is 4.79 Å². The largest absolute Gasteiger partial charge is 0.482 e. The first-order chi connectivity index (χ1) is 8.40. The van der Waals surface area contributed by atoms with Crippen LogP contribution in [0, 0.1) is 13.8 Å². The number of aryl methyl sites for hydroxylation is 2. The molecule has 0 saturated heterocycles. The molecular formula is C13H17NO4. The normalized spacial score (nSPS) is 11.7. The second-order valence-electron chi connectivity index (χ2n) is 4.09. The average Bonchev–Trinajstić information content (AvgIpc) is 2.27. The highest BCUT2D eigenvalue weighted by Gasteiger charge is 2.15. The van der Waals surface area contributed by atoms with Crippen LogP contribution < -0.4 is 10.5 Å². The molecule has 5 nitrogen and oxygen atoms in total. The van der Waals surface area contributed by atoms with Crippen molar-refractivity contribution in [1.82, 2.24) is 0 Å². The second kappa shape index (κ2) is 6.05. The van der Waals surface area contributed by atoms with Crippen molar-refractivity contribution in [3.63, 3.8) is 0 Å². The number of amides is 1. The summed E-state index contributed by atoms with van der Waals surface area (Å²) in [5.74, 6) is -0.694. The number of nitrogens with two attached hydrogens (primary N) is 1. The Morgan fingerprint density at radius 2 is 2.00 bits per heavy atom. The van der Waals surface area contributed by atoms with Crippen molar-refractivity contribution in [2.75, 3.05) is 6.61 Å². The molecule has 0 aliphatic rings. The van der Waals surface area contributed by atoms with E-state index in [9.17, 15) is 9.59 Å². The van der Waals surface area contributed by atoms with Crippen LogP contribution in [0.15, 0.2) is 18.2 Å². The number of rotatable bonds is 5. The van der Waals surface area contributed by atoms with E-state index in [1.807, 2.05) is 26.0 Å². The third-order valence-corrected chi connectivity index (χ3v) is 2.38. The van der Waals surface area contributed by atoms with E-state index in [1.54, 1.807) is 6.07 Å². The third kappa shape index (κ3) is 4.08. The Hall–Kier alpha value is -2.04. The summed E-state index contributed by atoms with van der Waals surface area (Å²) in [6.07, 6.45) is -0.944. The SMILES string of the molecule is Cc1ccc(OCC(=O)O[C@H](C)C(N)=O)c(C)c1. The van der Waals surface area contributed by atoms with E-state index >= 15 is 0 Å². The zero-order chi connectivity index (χ0) is 13.7. The van der Waals surface area contributed by atoms with E-state index < -0.39 is 18.0 Å². The first kappa shape index (κ1) is 14.0. The number of carbonyl (C=O) groups excluding carboxylic acids is 2. The summed E-state index contributed by atoms with van der Waals surface area (Å²) in [5.41, 5.74) is 7.03. The Morgan fingerprint density at radius 3 is 2.56 bits per heavy atom. The number of esters is 1. The third-order valence-electron chi connectivity index (χ3n) is 2.38. The van der Waals surface area contributed by atoms with Crippen LogP contribution in [0.2, 0.25) is 0 Å². The molecule has 18 heavy (non-hydrogen) atoms. The van der Waals surface area contributed by atoms with E-state index in [-0.39, 0.29) is 6.61 Å². The molecule has 0 aliphatic carbocycles. The van der Waals surface area contributed by atoms with E-state index in [0.29, 0.717) is 5.75 Å². The number of benzene rings is 1. The van der Waals surface area contributed by atoms with Crippen LogP contribution in [0.25, 0.3) is 0 Å². The molecule has 1 aromatic rings. The highest BCUT2D eigenvalue weighted by Crippen LogP contribution is 2.18. The van der Waals surface area contributed by atoms with Crippen molar-refractivity contribution in [2.24, 2.45) is 5.73 Å². The van der Waals surface area contributed by atoms with Crippen molar-refractivity contribution >= 4 is 11.9 Å². The zero-order valence-electron chi connectivity index (χ0n) is 10.7. The minimum Gasteiger partial charge on any atom is -0.482 e. The Bertz CT molecular complexity index is 456. The lowest BCUT2D eigenvalue weighted by Gasteiger charge is -2.11. The summed E-state index contributed by atoms with van der Waals surface area (Å²) in [5, 5.41) is 0. The van der Waals surface area contributed by atoms with Crippen LogP contribution in [-0.4, -0.2) is 24.6 Å². The summed E-state index contributed by atoms with van der Waals surface area (Å²) in [4.78, 5) is 22.1. The topological polar surface area (TPSA) is 78.6 Å². The fourth-order valence-electron chi connectivity index (χ4n) is 1.39. The predicted molar refractivity (Wildman–Crippen MR) is 66.2 cm³/mol. The lowest BCUT2D eigenvalue weighted by Crippen LogP contribution is -2.32. The molecule has 0 aliphatic heterocycles. The standard InChI is InChI=1S/C13H17NO4/c1-8-4-5-11(9(2)6-8)17-7-12(15)18-10(3)13(14)16/h4-6,10H,7H2,1-3H3,(H2,14,16)/t10-/m1/s1. The van der Waals surface area contributed by atoms with Crippen LogP contribution in [-0.2, 0) is 14.3 Å². The quantitative estimate of drug-likeness (QED) is 0.795. The van der Waals surface area contributed by atoms with Gasteiger partial charge in [-0.3, -0.25) is 4.79 Å². The fourth-order valence-corrected chi connectivity index (χ4v) is 1.39. The van der Waals surface area contributed by atoms with Crippen LogP contribution in [0.4, 0.5) is 0 Å². The molecule has 98 valence electrons. The van der Waals surface area contributed by atoms with E-state index in [1.165, 1.54) is 6.92 Å². The van der Waals surface area contributed by atoms with E-state index in [2.05, 4.69) is 0 Å². The Morgan fingerprint density at radius 1 is 1.33 bits per heavy atom. The number of primary amides is 1. The molecule has 0 spiro atoms. The minimum atomic E-state index is -0.944. The van der Waals surface area contributed by atoms with E-state index in [4.69, 9.17) is 15.2 Å². The van der Waals surface area contributed by atoms with Gasteiger partial charge in [-0.1, -0.05) is 17.7 Å². The van der Waals surface area contributed by atoms with Gasteiger partial charge in [-0.15, -0.1) is 0 Å². The Labute approximate surface area is 106 Å². The van der Waals surface area contributed by atoms with Crippen molar-refractivity contribution in [3.05, 3.63) is 29.3 Å². The van der Waals surface area contributed by atoms with Gasteiger partial charge in [0.2, 0.25) is 0 Å². The smallest absolute Gasteiger partial charge is 0.344 e. The van der Waals surface area contributed by atoms with Gasteiger partial charge in [0.05, 0.1) is 0 Å². The maximum absolute atomic E-state index is 11.4. The molecule has 0 aromatic heterocycles. The molecule has 0 heterocycles. The van der Waals surface area contributed by atoms with Crippen molar-refractivity contribution < 1.29 is 19.1 Å². The van der Waals surface area contributed by atoms with Gasteiger partial charge in [0.25, 0.3) is 5.91 Å². The lowest BCUT2D eigenvalue weighted by atomic mass is 10.1. The Kier molecular flexibility index (Phi) is 4.71. The highest BCUT2D eigenvalue weighted by molar-refractivity contribution is 5.82. The summed E-state index contributed by atoms with van der Waals surface area (Å²) in [7, 11) is 0. The molecule has 5 heteroatoms. The Balaban J connectivity index is 2.50. The molecule has 1 amide bonds. The van der Waals surface area contributed by atoms with Gasteiger partial charge < -0.3 is 15.2 Å². The van der Waals surface area contributed by atoms with Crippen molar-refractivity contribution in [2.45, 2.75) is 26.9 Å². The van der Waals surface area contributed by atoms with Gasteiger partial charge in [-0.2, -0.15) is 0 Å². The maximum atomic E-state index is 11.4. The first-order valence-corrected chi connectivity index (χ1v) is 5.59. The van der Waals surface area contributed by atoms with E-state index in [0.717, 1.165) is 11.1 Å². The van der Waals surface area contributed by atoms with Gasteiger partial charge in [-0.05, 0) is 32.4 Å².